The van der Waals surface area contributed by atoms with Crippen molar-refractivity contribution in [3.8, 4) is 0 Å². The van der Waals surface area contributed by atoms with Crippen LogP contribution < -0.4 is 10.2 Å². The lowest BCUT2D eigenvalue weighted by molar-refractivity contribution is -0.143. The molecule has 1 N–H and O–H groups in total. The number of hydrogen-bond acceptors (Lipinski definition) is 4. The third-order valence-electron chi connectivity index (χ3n) is 6.56. The first-order valence-corrected chi connectivity index (χ1v) is 13.8. The van der Waals surface area contributed by atoms with Crippen LogP contribution in [0.4, 0.5) is 36.8 Å². The van der Waals surface area contributed by atoms with Crippen LogP contribution in [-0.2, 0) is 32.5 Å². The van der Waals surface area contributed by atoms with Crippen molar-refractivity contribution in [1.82, 2.24) is 5.32 Å². The Labute approximate surface area is 226 Å². The largest absolute Gasteiger partial charge is 0.416 e. The number of amides is 2. The third kappa shape index (κ3) is 6.09. The molecule has 0 aromatic heterocycles. The fourth-order valence-electron chi connectivity index (χ4n) is 4.50. The molecule has 0 spiro atoms. The highest BCUT2D eigenvalue weighted by Crippen LogP contribution is 2.39. The molecular weight excluding hydrogens is 562 g/mol. The number of carbonyl (C=O) groups excluding carboxylic acids is 1. The zero-order valence-corrected chi connectivity index (χ0v) is 22.0. The molecule has 0 bridgehead atoms. The van der Waals surface area contributed by atoms with Gasteiger partial charge in [-0.05, 0) is 48.4 Å². The molecule has 3 aromatic carbocycles. The number of nitrogens with one attached hydrogen (secondary N) is 1. The van der Waals surface area contributed by atoms with Crippen molar-refractivity contribution in [2.45, 2.75) is 35.8 Å². The van der Waals surface area contributed by atoms with Gasteiger partial charge in [0.1, 0.15) is 5.54 Å². The van der Waals surface area contributed by atoms with Gasteiger partial charge < -0.3 is 10.1 Å². The number of alkyl halides is 6. The minimum absolute atomic E-state index is 0.0377. The van der Waals surface area contributed by atoms with Gasteiger partial charge in [0.15, 0.2) is 9.84 Å². The molecule has 214 valence electrons. The summed E-state index contributed by atoms with van der Waals surface area (Å²) < 4.78 is 111. The molecule has 0 aliphatic carbocycles. The average molecular weight is 587 g/mol. The molecule has 1 aliphatic heterocycles. The smallest absolute Gasteiger partial charge is 0.371 e. The highest BCUT2D eigenvalue weighted by molar-refractivity contribution is 7.90. The number of para-hydroxylation sites is 1. The van der Waals surface area contributed by atoms with Crippen LogP contribution in [0.15, 0.2) is 77.7 Å². The zero-order chi connectivity index (χ0) is 29.5. The molecule has 2 amide bonds. The van der Waals surface area contributed by atoms with Crippen molar-refractivity contribution < 1.29 is 44.3 Å². The lowest BCUT2D eigenvalue weighted by Gasteiger charge is -2.31. The molecule has 13 heteroatoms. The molecule has 3 aromatic rings. The molecule has 1 heterocycles. The van der Waals surface area contributed by atoms with Crippen LogP contribution >= 0.6 is 0 Å². The normalized spacial score (nSPS) is 19.0. The molecule has 4 rings (SSSR count). The highest BCUT2D eigenvalue weighted by Gasteiger charge is 2.46. The topological polar surface area (TPSA) is 75.7 Å². The van der Waals surface area contributed by atoms with Crippen LogP contribution in [0.3, 0.4) is 0 Å². The summed E-state index contributed by atoms with van der Waals surface area (Å²) in [5.74, 6) is 0. The molecule has 6 nitrogen and oxygen atoms in total. The van der Waals surface area contributed by atoms with Gasteiger partial charge >= 0.3 is 18.4 Å². The van der Waals surface area contributed by atoms with Crippen molar-refractivity contribution >= 4 is 21.6 Å². The van der Waals surface area contributed by atoms with Gasteiger partial charge in [0.05, 0.1) is 41.0 Å². The van der Waals surface area contributed by atoms with Crippen molar-refractivity contribution in [2.24, 2.45) is 0 Å². The van der Waals surface area contributed by atoms with E-state index in [9.17, 15) is 39.6 Å². The van der Waals surface area contributed by atoms with Gasteiger partial charge in [-0.1, -0.05) is 42.5 Å². The molecular formula is C27H24F6N2O4S. The molecule has 1 fully saturated rings. The van der Waals surface area contributed by atoms with Crippen molar-refractivity contribution in [2.75, 3.05) is 24.3 Å². The number of halogens is 6. The van der Waals surface area contributed by atoms with Crippen LogP contribution in [0, 0.1) is 0 Å². The maximum Gasteiger partial charge on any atom is 0.416 e. The monoisotopic (exact) mass is 586 g/mol. The van der Waals surface area contributed by atoms with E-state index in [1.165, 1.54) is 30.0 Å². The maximum atomic E-state index is 13.4. The van der Waals surface area contributed by atoms with E-state index >= 15 is 0 Å². The van der Waals surface area contributed by atoms with Gasteiger partial charge in [-0.25, -0.2) is 13.2 Å². The Kier molecular flexibility index (Phi) is 7.67. The van der Waals surface area contributed by atoms with Gasteiger partial charge in [0.25, 0.3) is 0 Å². The summed E-state index contributed by atoms with van der Waals surface area (Å²) in [4.78, 5) is 14.3. The molecule has 1 saturated heterocycles. The molecule has 1 aliphatic rings. The summed E-state index contributed by atoms with van der Waals surface area (Å²) in [6, 6.07) is 14.9. The fraction of sp³-hybridized carbons (Fsp3) is 0.296. The summed E-state index contributed by atoms with van der Waals surface area (Å²) in [6.45, 7) is 0.826. The molecule has 2 atom stereocenters. The van der Waals surface area contributed by atoms with E-state index in [-0.39, 0.29) is 35.4 Å². The van der Waals surface area contributed by atoms with E-state index in [1.807, 2.05) is 0 Å². The first kappa shape index (κ1) is 29.4. The Morgan fingerprint density at radius 1 is 0.925 bits per heavy atom. The number of carbonyl (C=O) groups is 1. The number of urea groups is 1. The Morgan fingerprint density at radius 2 is 1.48 bits per heavy atom. The molecule has 0 radical (unpaired) electrons. The lowest BCUT2D eigenvalue weighted by atomic mass is 9.91. The minimum atomic E-state index is -5.02. The summed E-state index contributed by atoms with van der Waals surface area (Å²) >= 11 is 0. The number of nitrogens with zero attached hydrogens (tertiary/aromatic N) is 1. The fourth-order valence-corrected chi connectivity index (χ4v) is 5.39. The Balaban J connectivity index is 1.70. The van der Waals surface area contributed by atoms with E-state index < -0.39 is 51.0 Å². The van der Waals surface area contributed by atoms with E-state index in [0.717, 1.165) is 6.26 Å². The van der Waals surface area contributed by atoms with Crippen molar-refractivity contribution in [3.05, 3.63) is 95.1 Å². The van der Waals surface area contributed by atoms with Crippen LogP contribution in [0.2, 0.25) is 0 Å². The van der Waals surface area contributed by atoms with Gasteiger partial charge in [0, 0.05) is 6.26 Å². The predicted octanol–water partition coefficient (Wildman–Crippen LogP) is 6.33. The lowest BCUT2D eigenvalue weighted by Crippen LogP contribution is -2.45. The zero-order valence-electron chi connectivity index (χ0n) is 21.2. The molecule has 0 unspecified atom stereocenters. The average Bonchev–Trinajstić information content (AvgIpc) is 3.23. The van der Waals surface area contributed by atoms with E-state index in [1.54, 1.807) is 36.4 Å². The first-order valence-electron chi connectivity index (χ1n) is 11.9. The van der Waals surface area contributed by atoms with Crippen LogP contribution in [0.1, 0.15) is 35.3 Å². The summed E-state index contributed by atoms with van der Waals surface area (Å²) in [7, 11) is -3.73. The van der Waals surface area contributed by atoms with E-state index in [2.05, 4.69) is 5.32 Å². The van der Waals surface area contributed by atoms with Gasteiger partial charge in [-0.15, -0.1) is 0 Å². The number of ether oxygens (including phenoxy) is 1. The number of hydrogen-bond donors (Lipinski definition) is 1. The Hall–Kier alpha value is -3.58. The second kappa shape index (κ2) is 10.4. The summed E-state index contributed by atoms with van der Waals surface area (Å²) in [5, 5.41) is 2.80. The van der Waals surface area contributed by atoms with Crippen LogP contribution in [0.5, 0.6) is 0 Å². The van der Waals surface area contributed by atoms with Gasteiger partial charge in [-0.2, -0.15) is 26.3 Å². The van der Waals surface area contributed by atoms with Crippen molar-refractivity contribution in [3.63, 3.8) is 0 Å². The number of rotatable bonds is 7. The quantitative estimate of drug-likeness (QED) is 0.329. The third-order valence-corrected chi connectivity index (χ3v) is 7.70. The maximum absolute atomic E-state index is 13.4. The Morgan fingerprint density at radius 3 is 2.02 bits per heavy atom. The van der Waals surface area contributed by atoms with E-state index in [4.69, 9.17) is 4.74 Å². The van der Waals surface area contributed by atoms with Crippen LogP contribution in [0.25, 0.3) is 0 Å². The Bertz CT molecular complexity index is 1480. The van der Waals surface area contributed by atoms with Crippen molar-refractivity contribution in [1.29, 1.82) is 0 Å². The number of benzene rings is 3. The predicted molar refractivity (Wildman–Crippen MR) is 134 cm³/mol. The molecule has 0 saturated carbocycles. The minimum Gasteiger partial charge on any atom is -0.371 e. The second-order valence-corrected chi connectivity index (χ2v) is 11.5. The SMILES string of the molecule is C[C@@H](OC[C@@]1(c2ccccc2)CN(c2ccccc2S(C)(=O)=O)C(=O)N1)c1cc(C(F)(F)F)cc(C(F)(F)F)c1. The standard InChI is InChI=1S/C27H24F6N2O4S/c1-17(18-12-20(26(28,29)30)14-21(13-18)27(31,32)33)39-16-25(19-8-4-3-5-9-19)15-35(24(36)34-25)22-10-6-7-11-23(22)40(2,37)38/h3-14,17H,15-16H2,1-2H3,(H,34,36)/t17-,25-/m1/s1. The van der Waals surface area contributed by atoms with Crippen LogP contribution in [-0.4, -0.2) is 33.9 Å². The number of anilines is 1. The second-order valence-electron chi connectivity index (χ2n) is 9.50. The van der Waals surface area contributed by atoms with E-state index in [0.29, 0.717) is 17.7 Å². The first-order chi connectivity index (χ1) is 18.5. The summed E-state index contributed by atoms with van der Waals surface area (Å²) in [5.41, 5.74) is -3.96. The highest BCUT2D eigenvalue weighted by atomic mass is 32.2. The van der Waals surface area contributed by atoms with Gasteiger partial charge in [0.2, 0.25) is 0 Å². The number of sulfone groups is 1. The summed E-state index contributed by atoms with van der Waals surface area (Å²) in [6.07, 6.45) is -10.3. The van der Waals surface area contributed by atoms with Gasteiger partial charge in [-0.3, -0.25) is 4.90 Å². The molecule has 40 heavy (non-hydrogen) atoms.